The van der Waals surface area contributed by atoms with Crippen molar-refractivity contribution < 1.29 is 61.1 Å². The van der Waals surface area contributed by atoms with Gasteiger partial charge in [-0.2, -0.15) is 12.7 Å². The molecule has 61 heavy (non-hydrogen) atoms. The number of aliphatic hydroxyl groups excluding tert-OH is 1. The minimum atomic E-state index is -4.46. The van der Waals surface area contributed by atoms with Crippen molar-refractivity contribution in [2.45, 2.75) is 63.5 Å². The first-order chi connectivity index (χ1) is 29.2. The number of aliphatic hydroxyl groups is 1. The van der Waals surface area contributed by atoms with Gasteiger partial charge in [0.25, 0.3) is 0 Å². The highest BCUT2D eigenvalue weighted by Gasteiger charge is 2.60. The third-order valence-corrected chi connectivity index (χ3v) is 13.8. The Morgan fingerprint density at radius 2 is 1.33 bits per heavy atom. The molecule has 17 nitrogen and oxygen atoms in total. The number of hydrogen-bond donors (Lipinski definition) is 2. The summed E-state index contributed by atoms with van der Waals surface area (Å²) in [6.07, 6.45) is -2.77. The first-order valence-corrected chi connectivity index (χ1v) is 21.8. The number of ether oxygens (including phenoxy) is 6. The summed E-state index contributed by atoms with van der Waals surface area (Å²) in [4.78, 5) is 58.2. The number of methoxy groups -OCH3 is 3. The number of rotatable bonds is 17. The van der Waals surface area contributed by atoms with Crippen LogP contribution in [-0.4, -0.2) is 117 Å². The Hall–Kier alpha value is -5.50. The lowest BCUT2D eigenvalue weighted by molar-refractivity contribution is -0.164. The molecular formula is C42H50N4O13S2. The van der Waals surface area contributed by atoms with Crippen LogP contribution in [0.2, 0.25) is 0 Å². The van der Waals surface area contributed by atoms with E-state index in [0.29, 0.717) is 43.1 Å². The third kappa shape index (κ3) is 10.0. The normalized spacial score (nSPS) is 21.3. The van der Waals surface area contributed by atoms with Crippen LogP contribution in [0.1, 0.15) is 37.0 Å². The zero-order chi connectivity index (χ0) is 44.0. The van der Waals surface area contributed by atoms with Crippen molar-refractivity contribution in [1.29, 1.82) is 0 Å². The fraction of sp³-hybridized carbons (Fsp3) is 0.429. The van der Waals surface area contributed by atoms with Gasteiger partial charge in [0.05, 0.1) is 52.0 Å². The second-order valence-corrected chi connectivity index (χ2v) is 17.9. The van der Waals surface area contributed by atoms with Crippen LogP contribution in [0.3, 0.4) is 0 Å². The van der Waals surface area contributed by atoms with E-state index < -0.39 is 76.1 Å². The van der Waals surface area contributed by atoms with Crippen LogP contribution in [-0.2, 0) is 53.8 Å². The van der Waals surface area contributed by atoms with Gasteiger partial charge in [0.1, 0.15) is 42.8 Å². The maximum absolute atomic E-state index is 13.9. The molecule has 3 heterocycles. The summed E-state index contributed by atoms with van der Waals surface area (Å²) >= 11 is 1.27. The van der Waals surface area contributed by atoms with Crippen LogP contribution in [0.5, 0.6) is 17.2 Å². The predicted molar refractivity (Wildman–Crippen MR) is 222 cm³/mol. The van der Waals surface area contributed by atoms with Gasteiger partial charge in [0.2, 0.25) is 5.91 Å². The predicted octanol–water partition coefficient (Wildman–Crippen LogP) is 4.44. The van der Waals surface area contributed by atoms with E-state index in [1.54, 1.807) is 79.9 Å². The second-order valence-electron chi connectivity index (χ2n) is 14.7. The lowest BCUT2D eigenvalue weighted by atomic mass is 9.79. The number of likely N-dealkylation sites (tertiary alicyclic amines) is 1. The molecule has 19 heteroatoms. The number of thioether (sulfide) groups is 1. The molecule has 2 N–H and O–H groups in total. The Labute approximate surface area is 359 Å². The molecule has 3 aromatic rings. The van der Waals surface area contributed by atoms with Crippen molar-refractivity contribution in [3.63, 3.8) is 0 Å². The van der Waals surface area contributed by atoms with Gasteiger partial charge in [-0.15, -0.1) is 11.8 Å². The number of carbonyl (C=O) groups is 4. The lowest BCUT2D eigenvalue weighted by Crippen LogP contribution is -2.63. The van der Waals surface area contributed by atoms with Crippen LogP contribution in [0.15, 0.2) is 83.4 Å². The monoisotopic (exact) mass is 882 g/mol. The van der Waals surface area contributed by atoms with E-state index in [4.69, 9.17) is 28.4 Å². The largest absolute Gasteiger partial charge is 0.497 e. The molecule has 3 amide bonds. The van der Waals surface area contributed by atoms with Crippen LogP contribution in [0, 0.1) is 11.8 Å². The Morgan fingerprint density at radius 1 is 0.836 bits per heavy atom. The number of β-lactam (4-membered cyclic amide) rings is 1. The van der Waals surface area contributed by atoms with Crippen molar-refractivity contribution in [2.24, 2.45) is 11.8 Å². The van der Waals surface area contributed by atoms with E-state index in [-0.39, 0.29) is 38.5 Å². The molecule has 2 saturated heterocycles. The summed E-state index contributed by atoms with van der Waals surface area (Å²) < 4.78 is 62.1. The van der Waals surface area contributed by atoms with Gasteiger partial charge in [0.15, 0.2) is 0 Å². The maximum atomic E-state index is 13.9. The molecule has 0 spiro atoms. The molecule has 2 fully saturated rings. The average molecular weight is 883 g/mol. The highest BCUT2D eigenvalue weighted by atomic mass is 32.2. The van der Waals surface area contributed by atoms with Crippen LogP contribution >= 0.6 is 11.8 Å². The summed E-state index contributed by atoms with van der Waals surface area (Å²) in [6, 6.07) is 19.1. The van der Waals surface area contributed by atoms with E-state index in [9.17, 15) is 32.7 Å². The summed E-state index contributed by atoms with van der Waals surface area (Å²) in [5.41, 5.74) is 1.99. The van der Waals surface area contributed by atoms with E-state index in [2.05, 4.69) is 4.72 Å². The topological polar surface area (TPSA) is 200 Å². The molecule has 0 bridgehead atoms. The molecule has 0 aromatic heterocycles. The molecule has 328 valence electrons. The number of benzene rings is 3. The van der Waals surface area contributed by atoms with Gasteiger partial charge in [-0.25, -0.2) is 19.1 Å². The highest BCUT2D eigenvalue weighted by molar-refractivity contribution is 8.03. The van der Waals surface area contributed by atoms with Crippen LogP contribution in [0.4, 0.5) is 9.59 Å². The third-order valence-electron chi connectivity index (χ3n) is 10.9. The zero-order valence-corrected chi connectivity index (χ0v) is 36.3. The lowest BCUT2D eigenvalue weighted by Gasteiger charge is -2.46. The minimum Gasteiger partial charge on any atom is -0.497 e. The standard InChI is InChI=1S/C42H50N4O13S2/c1-25-36-35(26(2)47)39(48)46(36)37(40(49)57-22-27-7-13-31(54-4)14-8-27)38(25)60-34-19-30(44(21-34)41(50)58-23-28-9-15-32(55-5)16-10-28)20-45(61(52,53)43-3)42(51)59-24-29-11-17-33(56-6)18-12-29/h7-18,25-26,30,34-36,43,47H,19-24H2,1-6H3/t25-,26-,30+,34+,35-,36-/m1/s1. The summed E-state index contributed by atoms with van der Waals surface area (Å²) in [6.45, 7) is 2.47. The zero-order valence-electron chi connectivity index (χ0n) is 34.6. The minimum absolute atomic E-state index is 0.0218. The summed E-state index contributed by atoms with van der Waals surface area (Å²) in [5, 5.41) is 10.1. The van der Waals surface area contributed by atoms with E-state index in [0.717, 1.165) is 7.05 Å². The average Bonchev–Trinajstić information content (AvgIpc) is 3.78. The van der Waals surface area contributed by atoms with Gasteiger partial charge in [-0.3, -0.25) is 4.79 Å². The van der Waals surface area contributed by atoms with Gasteiger partial charge in [-0.1, -0.05) is 43.3 Å². The van der Waals surface area contributed by atoms with Gasteiger partial charge in [0, 0.05) is 29.7 Å². The molecule has 6 atom stereocenters. The fourth-order valence-electron chi connectivity index (χ4n) is 7.60. The highest BCUT2D eigenvalue weighted by Crippen LogP contribution is 2.52. The molecule has 3 aliphatic rings. The molecule has 6 rings (SSSR count). The second kappa shape index (κ2) is 19.5. The van der Waals surface area contributed by atoms with Crippen molar-refractivity contribution in [3.8, 4) is 17.2 Å². The van der Waals surface area contributed by atoms with E-state index >= 15 is 0 Å². The van der Waals surface area contributed by atoms with E-state index in [1.165, 1.54) is 42.7 Å². The van der Waals surface area contributed by atoms with Gasteiger partial charge < -0.3 is 43.3 Å². The van der Waals surface area contributed by atoms with Crippen LogP contribution in [0.25, 0.3) is 0 Å². The quantitative estimate of drug-likeness (QED) is 0.110. The number of carbonyl (C=O) groups excluding carboxylic acids is 4. The fourth-order valence-corrected chi connectivity index (χ4v) is 10.0. The first-order valence-electron chi connectivity index (χ1n) is 19.5. The Morgan fingerprint density at radius 3 is 1.80 bits per heavy atom. The molecule has 3 aromatic carbocycles. The smallest absolute Gasteiger partial charge is 0.424 e. The molecule has 0 unspecified atom stereocenters. The van der Waals surface area contributed by atoms with E-state index in [1.807, 2.05) is 6.92 Å². The number of esters is 1. The molecule has 0 radical (unpaired) electrons. The van der Waals surface area contributed by atoms with Crippen molar-refractivity contribution in [3.05, 3.63) is 100 Å². The number of nitrogens with one attached hydrogen (secondary N) is 1. The number of amides is 3. The number of nitrogens with zero attached hydrogens (tertiary/aromatic N) is 3. The van der Waals surface area contributed by atoms with Gasteiger partial charge >= 0.3 is 28.4 Å². The van der Waals surface area contributed by atoms with Crippen LogP contribution < -0.4 is 18.9 Å². The number of hydrogen-bond acceptors (Lipinski definition) is 14. The van der Waals surface area contributed by atoms with Crippen molar-refractivity contribution in [2.75, 3.05) is 41.5 Å². The SMILES string of the molecule is CNS(=O)(=O)N(C[C@@H]1C[C@H](SC2=C(C(=O)OCc3ccc(OC)cc3)N3C(=O)[C@H]([C@@H](C)O)[C@H]3[C@H]2C)CN1C(=O)OCc1ccc(OC)cc1)C(=O)OCc1ccc(OC)cc1. The molecular weight excluding hydrogens is 833 g/mol. The summed E-state index contributed by atoms with van der Waals surface area (Å²) in [5.74, 6) is -0.470. The van der Waals surface area contributed by atoms with Gasteiger partial charge in [-0.05, 0) is 66.4 Å². The Kier molecular flexibility index (Phi) is 14.4. The molecule has 0 saturated carbocycles. The number of fused-ring (bicyclic) bond motifs is 1. The maximum Gasteiger partial charge on any atom is 0.424 e. The molecule has 0 aliphatic carbocycles. The van der Waals surface area contributed by atoms with Crippen molar-refractivity contribution >= 4 is 46.0 Å². The Balaban J connectivity index is 1.26. The van der Waals surface area contributed by atoms with Crippen molar-refractivity contribution in [1.82, 2.24) is 18.8 Å². The molecule has 3 aliphatic heterocycles. The summed E-state index contributed by atoms with van der Waals surface area (Å²) in [7, 11) is 1.29. The Bertz CT molecular complexity index is 2200. The first kappa shape index (κ1) is 45.0.